The van der Waals surface area contributed by atoms with Gasteiger partial charge in [0.15, 0.2) is 0 Å². The third-order valence-corrected chi connectivity index (χ3v) is 8.46. The lowest BCUT2D eigenvalue weighted by atomic mass is 9.94. The number of nitrogens with zero attached hydrogens (tertiary/aromatic N) is 2. The Morgan fingerprint density at radius 1 is 1.00 bits per heavy atom. The van der Waals surface area contributed by atoms with Crippen molar-refractivity contribution < 1.29 is 32.2 Å². The Labute approximate surface area is 222 Å². The number of benzene rings is 3. The summed E-state index contributed by atoms with van der Waals surface area (Å²) in [5.41, 5.74) is 1.19. The van der Waals surface area contributed by atoms with E-state index in [1.165, 1.54) is 48.5 Å². The maximum Gasteiger partial charge on any atom is 0.326 e. The lowest BCUT2D eigenvalue weighted by Crippen LogP contribution is -2.43. The second-order valence-corrected chi connectivity index (χ2v) is 10.8. The zero-order chi connectivity index (χ0) is 27.3. The topological polar surface area (TPSA) is 96.4 Å². The third kappa shape index (κ3) is 6.15. The van der Waals surface area contributed by atoms with Crippen LogP contribution in [-0.2, 0) is 21.2 Å². The molecule has 3 aromatic carbocycles. The van der Waals surface area contributed by atoms with Gasteiger partial charge in [-0.2, -0.15) is 4.31 Å². The van der Waals surface area contributed by atoms with E-state index in [0.717, 1.165) is 29.5 Å². The molecule has 0 aromatic heterocycles. The Hall–Kier alpha value is -3.47. The molecule has 1 aliphatic heterocycles. The van der Waals surface area contributed by atoms with E-state index in [-0.39, 0.29) is 11.4 Å². The number of carboxylic acids is 1. The first-order chi connectivity index (χ1) is 18.2. The third-order valence-electron chi connectivity index (χ3n) is 6.58. The minimum Gasteiger partial charge on any atom is -0.492 e. The molecule has 8 nitrogen and oxygen atoms in total. The molecule has 0 radical (unpaired) electrons. The molecule has 0 aliphatic carbocycles. The lowest BCUT2D eigenvalue weighted by Gasteiger charge is -2.34. The van der Waals surface area contributed by atoms with Crippen LogP contribution in [0.15, 0.2) is 71.6 Å². The van der Waals surface area contributed by atoms with Crippen LogP contribution in [0.5, 0.6) is 17.2 Å². The largest absolute Gasteiger partial charge is 0.492 e. The van der Waals surface area contributed by atoms with Crippen molar-refractivity contribution >= 4 is 16.0 Å². The lowest BCUT2D eigenvalue weighted by molar-refractivity contribution is -0.142. The summed E-state index contributed by atoms with van der Waals surface area (Å²) >= 11 is 0. The molecule has 3 aromatic rings. The molecule has 0 spiro atoms. The molecule has 1 aliphatic rings. The van der Waals surface area contributed by atoms with Crippen molar-refractivity contribution in [2.24, 2.45) is 0 Å². The number of likely N-dealkylation sites (N-methyl/N-ethyl adjacent to an activating group) is 1. The summed E-state index contributed by atoms with van der Waals surface area (Å²) in [4.78, 5) is 14.5. The SMILES string of the molecule is CCN(CC)CCOc1ccc2c(c1)CCN(S(=O)(=O)c1ccc(Oc3ccc(F)cc3)cc1)C2C(=O)O. The molecule has 0 amide bonds. The maximum absolute atomic E-state index is 13.5. The summed E-state index contributed by atoms with van der Waals surface area (Å²) in [7, 11) is -4.12. The molecule has 4 rings (SSSR count). The van der Waals surface area contributed by atoms with Crippen molar-refractivity contribution in [3.63, 3.8) is 0 Å². The van der Waals surface area contributed by atoms with Gasteiger partial charge >= 0.3 is 5.97 Å². The summed E-state index contributed by atoms with van der Waals surface area (Å²) in [6.07, 6.45) is 0.358. The highest BCUT2D eigenvalue weighted by atomic mass is 32.2. The summed E-state index contributed by atoms with van der Waals surface area (Å²) in [6, 6.07) is 14.9. The van der Waals surface area contributed by atoms with Crippen LogP contribution in [0.4, 0.5) is 4.39 Å². The Morgan fingerprint density at radius 2 is 1.61 bits per heavy atom. The fraction of sp³-hybridized carbons (Fsp3) is 0.321. The predicted octanol–water partition coefficient (Wildman–Crippen LogP) is 4.71. The smallest absolute Gasteiger partial charge is 0.326 e. The van der Waals surface area contributed by atoms with Crippen molar-refractivity contribution in [1.29, 1.82) is 0 Å². The first kappa shape index (κ1) is 27.6. The predicted molar refractivity (Wildman–Crippen MR) is 141 cm³/mol. The summed E-state index contributed by atoms with van der Waals surface area (Å²) in [6.45, 7) is 7.33. The first-order valence-corrected chi connectivity index (χ1v) is 13.9. The van der Waals surface area contributed by atoms with Crippen LogP contribution in [0.2, 0.25) is 0 Å². The molecule has 0 saturated heterocycles. The highest BCUT2D eigenvalue weighted by Gasteiger charge is 2.40. The van der Waals surface area contributed by atoms with Gasteiger partial charge < -0.3 is 19.5 Å². The molecule has 202 valence electrons. The average Bonchev–Trinajstić information content (AvgIpc) is 2.91. The number of fused-ring (bicyclic) bond motifs is 1. The van der Waals surface area contributed by atoms with Gasteiger partial charge in [-0.3, -0.25) is 4.79 Å². The molecule has 1 atom stereocenters. The van der Waals surface area contributed by atoms with Gasteiger partial charge in [-0.05, 0) is 91.3 Å². The quantitative estimate of drug-likeness (QED) is 0.375. The van der Waals surface area contributed by atoms with E-state index >= 15 is 0 Å². The molecule has 38 heavy (non-hydrogen) atoms. The molecular formula is C28H31FN2O6S. The van der Waals surface area contributed by atoms with Gasteiger partial charge in [0.2, 0.25) is 10.0 Å². The Kier molecular flexibility index (Phi) is 8.65. The molecule has 10 heteroatoms. The van der Waals surface area contributed by atoms with Crippen LogP contribution in [0, 0.1) is 5.82 Å². The number of sulfonamides is 1. The molecule has 1 unspecified atom stereocenters. The van der Waals surface area contributed by atoms with E-state index in [1.807, 2.05) is 0 Å². The van der Waals surface area contributed by atoms with Gasteiger partial charge in [0, 0.05) is 13.1 Å². The molecule has 1 heterocycles. The van der Waals surface area contributed by atoms with E-state index in [1.54, 1.807) is 18.2 Å². The molecule has 0 fully saturated rings. The number of aliphatic carboxylic acids is 1. The van der Waals surface area contributed by atoms with Crippen LogP contribution in [0.3, 0.4) is 0 Å². The van der Waals surface area contributed by atoms with Crippen LogP contribution < -0.4 is 9.47 Å². The molecule has 0 bridgehead atoms. The summed E-state index contributed by atoms with van der Waals surface area (Å²) in [5, 5.41) is 10.0. The van der Waals surface area contributed by atoms with Gasteiger partial charge in [-0.25, -0.2) is 12.8 Å². The number of hydrogen-bond donors (Lipinski definition) is 1. The second kappa shape index (κ2) is 11.9. The van der Waals surface area contributed by atoms with Crippen LogP contribution >= 0.6 is 0 Å². The number of ether oxygens (including phenoxy) is 2. The average molecular weight is 543 g/mol. The molecular weight excluding hydrogens is 511 g/mol. The van der Waals surface area contributed by atoms with Gasteiger partial charge in [-0.1, -0.05) is 19.9 Å². The molecule has 0 saturated carbocycles. The zero-order valence-corrected chi connectivity index (χ0v) is 22.2. The van der Waals surface area contributed by atoms with E-state index in [9.17, 15) is 22.7 Å². The van der Waals surface area contributed by atoms with Gasteiger partial charge in [0.05, 0.1) is 4.90 Å². The van der Waals surface area contributed by atoms with Crippen LogP contribution in [0.1, 0.15) is 31.0 Å². The van der Waals surface area contributed by atoms with Crippen molar-refractivity contribution in [3.8, 4) is 17.2 Å². The molecule has 1 N–H and O–H groups in total. The first-order valence-electron chi connectivity index (χ1n) is 12.5. The zero-order valence-electron chi connectivity index (χ0n) is 21.3. The Balaban J connectivity index is 1.51. The van der Waals surface area contributed by atoms with Crippen molar-refractivity contribution in [3.05, 3.63) is 83.7 Å². The fourth-order valence-electron chi connectivity index (χ4n) is 4.47. The van der Waals surface area contributed by atoms with E-state index in [2.05, 4.69) is 18.7 Å². The number of halogens is 1. The Bertz CT molecular complexity index is 1360. The normalized spacial score (nSPS) is 15.7. The number of carbonyl (C=O) groups is 1. The van der Waals surface area contributed by atoms with Crippen molar-refractivity contribution in [1.82, 2.24) is 9.21 Å². The van der Waals surface area contributed by atoms with Crippen LogP contribution in [-0.4, -0.2) is 61.5 Å². The van der Waals surface area contributed by atoms with Gasteiger partial charge in [0.1, 0.15) is 35.7 Å². The van der Waals surface area contributed by atoms with E-state index < -0.39 is 27.9 Å². The minimum absolute atomic E-state index is 0.0169. The Morgan fingerprint density at radius 3 is 2.21 bits per heavy atom. The second-order valence-electron chi connectivity index (χ2n) is 8.87. The minimum atomic E-state index is -4.12. The number of rotatable bonds is 11. The van der Waals surface area contributed by atoms with Crippen molar-refractivity contribution in [2.75, 3.05) is 32.8 Å². The number of carboxylic acid groups (broad SMARTS) is 1. The van der Waals surface area contributed by atoms with Crippen molar-refractivity contribution in [2.45, 2.75) is 31.2 Å². The van der Waals surface area contributed by atoms with Gasteiger partial charge in [-0.15, -0.1) is 0 Å². The highest BCUT2D eigenvalue weighted by Crippen LogP contribution is 2.36. The van der Waals surface area contributed by atoms with E-state index in [0.29, 0.717) is 35.8 Å². The fourth-order valence-corrected chi connectivity index (χ4v) is 6.04. The van der Waals surface area contributed by atoms with Gasteiger partial charge in [0.25, 0.3) is 0 Å². The number of hydrogen-bond acceptors (Lipinski definition) is 6. The van der Waals surface area contributed by atoms with Crippen LogP contribution in [0.25, 0.3) is 0 Å². The standard InChI is InChI=1S/C28H31FN2O6S/c1-3-30(4-2)17-18-36-24-11-14-26-20(19-24)15-16-31(27(26)28(32)33)38(34,35)25-12-9-23(10-13-25)37-22-7-5-21(29)6-8-22/h5-14,19,27H,3-4,15-18H2,1-2H3,(H,32,33). The monoisotopic (exact) mass is 542 g/mol. The van der Waals surface area contributed by atoms with E-state index in [4.69, 9.17) is 9.47 Å². The summed E-state index contributed by atoms with van der Waals surface area (Å²) < 4.78 is 52.6. The summed E-state index contributed by atoms with van der Waals surface area (Å²) in [5.74, 6) is -0.247. The maximum atomic E-state index is 13.5. The highest BCUT2D eigenvalue weighted by molar-refractivity contribution is 7.89.